The van der Waals surface area contributed by atoms with Crippen LogP contribution in [0.15, 0.2) is 6.33 Å². The van der Waals surface area contributed by atoms with E-state index in [1.807, 2.05) is 6.92 Å². The van der Waals surface area contributed by atoms with Gasteiger partial charge in [-0.3, -0.25) is 0 Å². The molecule has 1 fully saturated rings. The van der Waals surface area contributed by atoms with Crippen molar-refractivity contribution in [1.82, 2.24) is 9.97 Å². The molecule has 4 heteroatoms. The highest BCUT2D eigenvalue weighted by Gasteiger charge is 2.32. The molecule has 0 amide bonds. The third-order valence-electron chi connectivity index (χ3n) is 3.04. The zero-order chi connectivity index (χ0) is 10.8. The molecular weight excluding hydrogens is 190 g/mol. The number of aromatic nitrogens is 2. The molecule has 0 aliphatic heterocycles. The van der Waals surface area contributed by atoms with Crippen LogP contribution in [0, 0.1) is 18.8 Å². The van der Waals surface area contributed by atoms with E-state index in [-0.39, 0.29) is 0 Å². The number of methoxy groups -OCH3 is 1. The van der Waals surface area contributed by atoms with Gasteiger partial charge in [0, 0.05) is 6.54 Å². The van der Waals surface area contributed by atoms with Crippen molar-refractivity contribution >= 4 is 5.82 Å². The maximum atomic E-state index is 5.14. The Labute approximate surface area is 90.1 Å². The van der Waals surface area contributed by atoms with E-state index in [0.717, 1.165) is 29.8 Å². The second kappa shape index (κ2) is 4.04. The van der Waals surface area contributed by atoms with Gasteiger partial charge in [-0.25, -0.2) is 9.97 Å². The maximum Gasteiger partial charge on any atom is 0.221 e. The summed E-state index contributed by atoms with van der Waals surface area (Å²) in [5, 5.41) is 3.35. The van der Waals surface area contributed by atoms with Gasteiger partial charge >= 0.3 is 0 Å². The van der Waals surface area contributed by atoms with Gasteiger partial charge in [-0.15, -0.1) is 0 Å². The first kappa shape index (κ1) is 10.2. The molecule has 1 heterocycles. The van der Waals surface area contributed by atoms with E-state index in [2.05, 4.69) is 22.2 Å². The van der Waals surface area contributed by atoms with Gasteiger partial charge in [0.2, 0.25) is 5.88 Å². The lowest BCUT2D eigenvalue weighted by atomic mass is 10.3. The average molecular weight is 207 g/mol. The Kier molecular flexibility index (Phi) is 2.75. The Hall–Kier alpha value is -1.32. The number of hydrogen-bond donors (Lipinski definition) is 1. The molecule has 82 valence electrons. The van der Waals surface area contributed by atoms with Crippen LogP contribution >= 0.6 is 0 Å². The molecule has 0 radical (unpaired) electrons. The zero-order valence-corrected chi connectivity index (χ0v) is 9.45. The fourth-order valence-electron chi connectivity index (χ4n) is 1.73. The lowest BCUT2D eigenvalue weighted by Gasteiger charge is -2.09. The monoisotopic (exact) mass is 207 g/mol. The summed E-state index contributed by atoms with van der Waals surface area (Å²) in [5.41, 5.74) is 0.980. The highest BCUT2D eigenvalue weighted by atomic mass is 16.5. The second-order valence-electron chi connectivity index (χ2n) is 4.21. The van der Waals surface area contributed by atoms with E-state index in [4.69, 9.17) is 4.74 Å². The summed E-state index contributed by atoms with van der Waals surface area (Å²) in [4.78, 5) is 8.25. The van der Waals surface area contributed by atoms with Crippen LogP contribution in [0.1, 0.15) is 18.9 Å². The van der Waals surface area contributed by atoms with Crippen LogP contribution in [0.3, 0.4) is 0 Å². The summed E-state index contributed by atoms with van der Waals surface area (Å²) < 4.78 is 5.14. The lowest BCUT2D eigenvalue weighted by molar-refractivity contribution is 0.393. The van der Waals surface area contributed by atoms with Gasteiger partial charge in [0.25, 0.3) is 0 Å². The maximum absolute atomic E-state index is 5.14. The number of ether oxygens (including phenoxy) is 1. The molecular formula is C11H17N3O. The predicted octanol–water partition coefficient (Wildman–Crippen LogP) is 1.86. The minimum absolute atomic E-state index is 0.649. The van der Waals surface area contributed by atoms with Gasteiger partial charge in [-0.2, -0.15) is 0 Å². The molecule has 1 aromatic heterocycles. The van der Waals surface area contributed by atoms with Crippen LogP contribution in [0.5, 0.6) is 5.88 Å². The summed E-state index contributed by atoms with van der Waals surface area (Å²) >= 11 is 0. The van der Waals surface area contributed by atoms with Crippen molar-refractivity contribution in [3.8, 4) is 5.88 Å². The molecule has 0 bridgehead atoms. The summed E-state index contributed by atoms with van der Waals surface area (Å²) in [6.45, 7) is 5.25. The number of nitrogens with zero attached hydrogens (tertiary/aromatic N) is 2. The van der Waals surface area contributed by atoms with E-state index in [9.17, 15) is 0 Å². The van der Waals surface area contributed by atoms with Gasteiger partial charge in [0.05, 0.1) is 12.7 Å². The molecule has 4 nitrogen and oxygen atoms in total. The van der Waals surface area contributed by atoms with Crippen molar-refractivity contribution in [2.75, 3.05) is 19.0 Å². The lowest BCUT2D eigenvalue weighted by Crippen LogP contribution is -2.08. The fourth-order valence-corrected chi connectivity index (χ4v) is 1.73. The Morgan fingerprint density at radius 3 is 2.87 bits per heavy atom. The number of nitrogens with one attached hydrogen (secondary N) is 1. The molecule has 1 N–H and O–H groups in total. The van der Waals surface area contributed by atoms with Gasteiger partial charge in [-0.1, -0.05) is 6.92 Å². The van der Waals surface area contributed by atoms with Crippen LogP contribution in [0.2, 0.25) is 0 Å². The predicted molar refractivity (Wildman–Crippen MR) is 59.1 cm³/mol. The third-order valence-corrected chi connectivity index (χ3v) is 3.04. The molecule has 2 unspecified atom stereocenters. The highest BCUT2D eigenvalue weighted by Crippen LogP contribution is 2.37. The molecule has 0 spiro atoms. The summed E-state index contributed by atoms with van der Waals surface area (Å²) in [5.74, 6) is 3.21. The molecule has 2 rings (SSSR count). The van der Waals surface area contributed by atoms with Crippen LogP contribution in [-0.4, -0.2) is 23.6 Å². The van der Waals surface area contributed by atoms with Crippen molar-refractivity contribution in [2.45, 2.75) is 20.3 Å². The fraction of sp³-hybridized carbons (Fsp3) is 0.636. The largest absolute Gasteiger partial charge is 0.481 e. The van der Waals surface area contributed by atoms with Crippen molar-refractivity contribution < 1.29 is 4.74 Å². The van der Waals surface area contributed by atoms with Gasteiger partial charge in [0.1, 0.15) is 12.1 Å². The van der Waals surface area contributed by atoms with Crippen molar-refractivity contribution in [3.63, 3.8) is 0 Å². The first-order valence-electron chi connectivity index (χ1n) is 5.31. The zero-order valence-electron chi connectivity index (χ0n) is 9.45. The smallest absolute Gasteiger partial charge is 0.221 e. The molecule has 2 atom stereocenters. The van der Waals surface area contributed by atoms with E-state index in [1.54, 1.807) is 7.11 Å². The molecule has 1 aliphatic rings. The third kappa shape index (κ3) is 2.19. The molecule has 1 saturated carbocycles. The summed E-state index contributed by atoms with van der Waals surface area (Å²) in [6, 6.07) is 0. The standard InChI is InChI=1S/C11H17N3O/c1-7-4-9(7)5-12-10-8(2)11(15-3)14-6-13-10/h6-7,9H,4-5H2,1-3H3,(H,12,13,14). The SMILES string of the molecule is COc1ncnc(NCC2CC2C)c1C. The van der Waals surface area contributed by atoms with E-state index < -0.39 is 0 Å². The van der Waals surface area contributed by atoms with Crippen LogP contribution in [0.25, 0.3) is 0 Å². The van der Waals surface area contributed by atoms with E-state index in [0.29, 0.717) is 5.88 Å². The molecule has 1 aromatic rings. The van der Waals surface area contributed by atoms with Gasteiger partial charge in [0.15, 0.2) is 0 Å². The highest BCUT2D eigenvalue weighted by molar-refractivity contribution is 5.47. The number of hydrogen-bond acceptors (Lipinski definition) is 4. The number of anilines is 1. The second-order valence-corrected chi connectivity index (χ2v) is 4.21. The van der Waals surface area contributed by atoms with E-state index in [1.165, 1.54) is 12.7 Å². The molecule has 15 heavy (non-hydrogen) atoms. The van der Waals surface area contributed by atoms with E-state index >= 15 is 0 Å². The summed E-state index contributed by atoms with van der Waals surface area (Å²) in [7, 11) is 1.63. The minimum atomic E-state index is 0.649. The van der Waals surface area contributed by atoms with Gasteiger partial charge < -0.3 is 10.1 Å². The molecule has 0 aromatic carbocycles. The molecule has 0 saturated heterocycles. The first-order chi connectivity index (χ1) is 7.22. The Morgan fingerprint density at radius 1 is 1.53 bits per heavy atom. The van der Waals surface area contributed by atoms with Gasteiger partial charge in [-0.05, 0) is 25.2 Å². The molecule has 1 aliphatic carbocycles. The van der Waals surface area contributed by atoms with Crippen molar-refractivity contribution in [1.29, 1.82) is 0 Å². The van der Waals surface area contributed by atoms with Crippen molar-refractivity contribution in [2.24, 2.45) is 11.8 Å². The Morgan fingerprint density at radius 2 is 2.27 bits per heavy atom. The van der Waals surface area contributed by atoms with Crippen LogP contribution < -0.4 is 10.1 Å². The quantitative estimate of drug-likeness (QED) is 0.818. The van der Waals surface area contributed by atoms with Crippen LogP contribution in [0.4, 0.5) is 5.82 Å². The normalized spacial score (nSPS) is 23.7. The minimum Gasteiger partial charge on any atom is -0.481 e. The Balaban J connectivity index is 2.01. The Bertz CT molecular complexity index is 354. The summed E-state index contributed by atoms with van der Waals surface area (Å²) in [6.07, 6.45) is 2.86. The van der Waals surface area contributed by atoms with Crippen molar-refractivity contribution in [3.05, 3.63) is 11.9 Å². The first-order valence-corrected chi connectivity index (χ1v) is 5.31. The number of rotatable bonds is 4. The topological polar surface area (TPSA) is 47.0 Å². The van der Waals surface area contributed by atoms with Crippen LogP contribution in [-0.2, 0) is 0 Å². The average Bonchev–Trinajstić information content (AvgIpc) is 2.93.